The molecule has 136 valence electrons. The van der Waals surface area contributed by atoms with Gasteiger partial charge in [0.15, 0.2) is 0 Å². The van der Waals surface area contributed by atoms with Crippen molar-refractivity contribution in [1.29, 1.82) is 0 Å². The topological polar surface area (TPSA) is 78.6 Å². The molecule has 1 aromatic rings. The van der Waals surface area contributed by atoms with Crippen LogP contribution in [0, 0.1) is 5.92 Å². The summed E-state index contributed by atoms with van der Waals surface area (Å²) in [5, 5.41) is 0. The van der Waals surface area contributed by atoms with Crippen molar-refractivity contribution in [3.63, 3.8) is 0 Å². The number of rotatable bonds is 6. The molecule has 0 aromatic heterocycles. The molecule has 0 aliphatic rings. The van der Waals surface area contributed by atoms with E-state index in [1.807, 2.05) is 30.3 Å². The van der Waals surface area contributed by atoms with Crippen LogP contribution in [0.25, 0.3) is 0 Å². The van der Waals surface area contributed by atoms with E-state index in [0.29, 0.717) is 18.9 Å². The average Bonchev–Trinajstić information content (AvgIpc) is 2.44. The number of primary amides is 1. The molecule has 1 aromatic carbocycles. The van der Waals surface area contributed by atoms with Gasteiger partial charge in [-0.2, -0.15) is 0 Å². The molecule has 5 heteroatoms. The first-order chi connectivity index (χ1) is 11.1. The van der Waals surface area contributed by atoms with Crippen molar-refractivity contribution in [2.75, 3.05) is 0 Å². The number of carbonyl (C=O) groups is 2. The minimum Gasteiger partial charge on any atom is -0.461 e. The van der Waals surface area contributed by atoms with Crippen LogP contribution in [0.2, 0.25) is 0 Å². The molecule has 0 heterocycles. The van der Waals surface area contributed by atoms with Gasteiger partial charge in [0.05, 0.1) is 0 Å². The molecule has 1 rings (SSSR count). The fourth-order valence-corrected chi connectivity index (χ4v) is 1.77. The maximum Gasteiger partial charge on any atom is 0.405 e. The molecule has 0 fully saturated rings. The van der Waals surface area contributed by atoms with E-state index in [4.69, 9.17) is 10.5 Å². The summed E-state index contributed by atoms with van der Waals surface area (Å²) in [6, 6.07) is 9.76. The highest BCUT2D eigenvalue weighted by Crippen LogP contribution is 2.08. The molecule has 0 saturated carbocycles. The van der Waals surface area contributed by atoms with Gasteiger partial charge in [0, 0.05) is 6.42 Å². The molecule has 1 amide bonds. The molecule has 0 aliphatic carbocycles. The maximum absolute atomic E-state index is 11.4. The van der Waals surface area contributed by atoms with Crippen molar-refractivity contribution in [1.82, 2.24) is 0 Å². The third-order valence-corrected chi connectivity index (χ3v) is 2.81. The Kier molecular flexibility index (Phi) is 10.5. The van der Waals surface area contributed by atoms with Crippen LogP contribution in [-0.2, 0) is 20.9 Å². The molecule has 0 unspecified atom stereocenters. The number of hydrogen-bond acceptors (Lipinski definition) is 4. The van der Waals surface area contributed by atoms with Gasteiger partial charge in [0.2, 0.25) is 0 Å². The van der Waals surface area contributed by atoms with Gasteiger partial charge >= 0.3 is 12.1 Å². The Morgan fingerprint density at radius 2 is 1.71 bits per heavy atom. The minimum absolute atomic E-state index is 0.0931. The van der Waals surface area contributed by atoms with Gasteiger partial charge in [-0.15, -0.1) is 0 Å². The Hall–Kier alpha value is -2.04. The highest BCUT2D eigenvalue weighted by molar-refractivity contribution is 5.69. The maximum atomic E-state index is 11.4. The first kappa shape index (κ1) is 22.0. The smallest absolute Gasteiger partial charge is 0.405 e. The van der Waals surface area contributed by atoms with E-state index in [9.17, 15) is 9.59 Å². The zero-order chi connectivity index (χ0) is 18.6. The monoisotopic (exact) mass is 337 g/mol. The van der Waals surface area contributed by atoms with E-state index in [1.165, 1.54) is 0 Å². The standard InChI is InChI=1S/C14H20O2.C5H11NO2/c1-12(2)7-6-10-14(15)16-11-13-8-4-3-5-9-13;1-5(2,3)8-4(6)7/h3-5,8-9,12H,6-7,10-11H2,1-2H3;1-3H3,(H2,6,7). The van der Waals surface area contributed by atoms with Crippen LogP contribution in [0.4, 0.5) is 4.79 Å². The third-order valence-electron chi connectivity index (χ3n) is 2.81. The molecule has 24 heavy (non-hydrogen) atoms. The van der Waals surface area contributed by atoms with Crippen molar-refractivity contribution < 1.29 is 19.1 Å². The van der Waals surface area contributed by atoms with Crippen LogP contribution in [0.5, 0.6) is 0 Å². The average molecular weight is 337 g/mol. The molecule has 0 bridgehead atoms. The van der Waals surface area contributed by atoms with Gasteiger partial charge in [-0.05, 0) is 38.7 Å². The van der Waals surface area contributed by atoms with Crippen molar-refractivity contribution in [2.45, 2.75) is 66.1 Å². The molecule has 0 atom stereocenters. The number of carbonyl (C=O) groups excluding carboxylic acids is 2. The van der Waals surface area contributed by atoms with Crippen LogP contribution < -0.4 is 5.73 Å². The first-order valence-electron chi connectivity index (χ1n) is 8.28. The summed E-state index contributed by atoms with van der Waals surface area (Å²) in [6.07, 6.45) is 1.81. The summed E-state index contributed by atoms with van der Waals surface area (Å²) in [6.45, 7) is 10.00. The normalized spacial score (nSPS) is 10.6. The number of hydrogen-bond donors (Lipinski definition) is 1. The SMILES string of the molecule is CC(C)(C)OC(N)=O.CC(C)CCCC(=O)OCc1ccccc1. The lowest BCUT2D eigenvalue weighted by molar-refractivity contribution is -0.145. The Morgan fingerprint density at radius 1 is 1.12 bits per heavy atom. The van der Waals surface area contributed by atoms with Crippen LogP contribution in [-0.4, -0.2) is 17.7 Å². The van der Waals surface area contributed by atoms with Gasteiger partial charge < -0.3 is 15.2 Å². The fraction of sp³-hybridized carbons (Fsp3) is 0.579. The Bertz CT molecular complexity index is 478. The minimum atomic E-state index is -0.725. The van der Waals surface area contributed by atoms with Gasteiger partial charge in [0.25, 0.3) is 0 Å². The lowest BCUT2D eigenvalue weighted by atomic mass is 10.1. The van der Waals surface area contributed by atoms with E-state index in [-0.39, 0.29) is 5.97 Å². The summed E-state index contributed by atoms with van der Waals surface area (Å²) in [5.41, 5.74) is 5.31. The van der Waals surface area contributed by atoms with Gasteiger partial charge in [-0.3, -0.25) is 4.79 Å². The Morgan fingerprint density at radius 3 is 2.12 bits per heavy atom. The molecule has 2 N–H and O–H groups in total. The number of benzene rings is 1. The predicted octanol–water partition coefficient (Wildman–Crippen LogP) is 4.44. The third kappa shape index (κ3) is 14.9. The number of amides is 1. The number of ether oxygens (including phenoxy) is 2. The van der Waals surface area contributed by atoms with Crippen molar-refractivity contribution in [3.8, 4) is 0 Å². The van der Waals surface area contributed by atoms with Gasteiger partial charge in [-0.25, -0.2) is 4.79 Å². The fourth-order valence-electron chi connectivity index (χ4n) is 1.77. The zero-order valence-corrected chi connectivity index (χ0v) is 15.5. The molecular weight excluding hydrogens is 306 g/mol. The Labute approximate surface area is 145 Å². The van der Waals surface area contributed by atoms with Crippen LogP contribution in [0.15, 0.2) is 30.3 Å². The molecule has 0 radical (unpaired) electrons. The largest absolute Gasteiger partial charge is 0.461 e. The lowest BCUT2D eigenvalue weighted by Gasteiger charge is -2.16. The van der Waals surface area contributed by atoms with E-state index >= 15 is 0 Å². The summed E-state index contributed by atoms with van der Waals surface area (Å²) in [5.74, 6) is 0.562. The summed E-state index contributed by atoms with van der Waals surface area (Å²) in [7, 11) is 0. The van der Waals surface area contributed by atoms with E-state index in [2.05, 4.69) is 18.6 Å². The molecule has 0 saturated heterocycles. The van der Waals surface area contributed by atoms with Gasteiger partial charge in [-0.1, -0.05) is 50.6 Å². The second-order valence-electron chi connectivity index (χ2n) is 6.97. The highest BCUT2D eigenvalue weighted by Gasteiger charge is 2.12. The number of nitrogens with two attached hydrogens (primary N) is 1. The van der Waals surface area contributed by atoms with E-state index < -0.39 is 11.7 Å². The molecule has 0 spiro atoms. The van der Waals surface area contributed by atoms with Crippen LogP contribution in [0.1, 0.15) is 59.4 Å². The quantitative estimate of drug-likeness (QED) is 0.779. The van der Waals surface area contributed by atoms with Crippen LogP contribution in [0.3, 0.4) is 0 Å². The second-order valence-corrected chi connectivity index (χ2v) is 6.97. The van der Waals surface area contributed by atoms with Crippen molar-refractivity contribution in [2.24, 2.45) is 11.7 Å². The molecular formula is C19H31NO4. The molecule has 5 nitrogen and oxygen atoms in total. The zero-order valence-electron chi connectivity index (χ0n) is 15.5. The summed E-state index contributed by atoms with van der Waals surface area (Å²) < 4.78 is 9.75. The Balaban J connectivity index is 0.000000561. The van der Waals surface area contributed by atoms with E-state index in [1.54, 1.807) is 20.8 Å². The van der Waals surface area contributed by atoms with E-state index in [0.717, 1.165) is 18.4 Å². The lowest BCUT2D eigenvalue weighted by Crippen LogP contribution is -2.27. The summed E-state index contributed by atoms with van der Waals surface area (Å²) in [4.78, 5) is 21.4. The van der Waals surface area contributed by atoms with Crippen molar-refractivity contribution >= 4 is 12.1 Å². The van der Waals surface area contributed by atoms with Crippen LogP contribution >= 0.6 is 0 Å². The number of esters is 1. The predicted molar refractivity (Wildman–Crippen MR) is 95.3 cm³/mol. The first-order valence-corrected chi connectivity index (χ1v) is 8.28. The van der Waals surface area contributed by atoms with Gasteiger partial charge in [0.1, 0.15) is 12.2 Å². The second kappa shape index (κ2) is 11.5. The summed E-state index contributed by atoms with van der Waals surface area (Å²) >= 11 is 0. The van der Waals surface area contributed by atoms with Crippen molar-refractivity contribution in [3.05, 3.63) is 35.9 Å². The molecule has 0 aliphatic heterocycles. The highest BCUT2D eigenvalue weighted by atomic mass is 16.6.